The van der Waals surface area contributed by atoms with Gasteiger partial charge in [-0.05, 0) is 18.8 Å². The van der Waals surface area contributed by atoms with Crippen LogP contribution in [-0.4, -0.2) is 59.4 Å². The maximum atomic E-state index is 12.5. The van der Waals surface area contributed by atoms with Crippen molar-refractivity contribution in [3.8, 4) is 0 Å². The van der Waals surface area contributed by atoms with Crippen LogP contribution in [0.2, 0.25) is 0 Å². The van der Waals surface area contributed by atoms with Crippen LogP contribution >= 0.6 is 0 Å². The van der Waals surface area contributed by atoms with E-state index in [1.54, 1.807) is 16.8 Å². The number of carbonyl (C=O) groups is 3. The van der Waals surface area contributed by atoms with E-state index in [0.717, 1.165) is 12.8 Å². The predicted octanol–water partition coefficient (Wildman–Crippen LogP) is 0.178. The smallest absolute Gasteiger partial charge is 0.311 e. The minimum absolute atomic E-state index is 0.00399. The van der Waals surface area contributed by atoms with Gasteiger partial charge in [-0.25, -0.2) is 0 Å². The second kappa shape index (κ2) is 4.46. The molecular weight excluding hydrogens is 260 g/mol. The van der Waals surface area contributed by atoms with Gasteiger partial charge in [0.2, 0.25) is 11.8 Å². The van der Waals surface area contributed by atoms with Crippen LogP contribution in [0, 0.1) is 17.3 Å². The normalized spacial score (nSPS) is 36.5. The van der Waals surface area contributed by atoms with Crippen molar-refractivity contribution in [3.63, 3.8) is 0 Å². The molecule has 2 amide bonds. The standard InChI is InChI=1S/C14H20N2O4/c1-15-6-9(5-11(15)17)12(18)16-7-10-3-2-4-14(10,8-16)13(19)20/h9-10H,2-8H2,1H3,(H,19,20)/t9?,10-,14+/m0/s1. The number of rotatable bonds is 2. The minimum atomic E-state index is -0.769. The highest BCUT2D eigenvalue weighted by Crippen LogP contribution is 2.49. The number of aliphatic carboxylic acids is 1. The van der Waals surface area contributed by atoms with E-state index in [-0.39, 0.29) is 30.1 Å². The van der Waals surface area contributed by atoms with Gasteiger partial charge in [-0.3, -0.25) is 14.4 Å². The van der Waals surface area contributed by atoms with E-state index < -0.39 is 11.4 Å². The Labute approximate surface area is 117 Å². The second-order valence-electron chi connectivity index (χ2n) is 6.44. The van der Waals surface area contributed by atoms with Crippen LogP contribution < -0.4 is 0 Å². The molecule has 0 bridgehead atoms. The van der Waals surface area contributed by atoms with Crippen molar-refractivity contribution in [2.24, 2.45) is 17.3 Å². The Bertz CT molecular complexity index is 478. The van der Waals surface area contributed by atoms with Gasteiger partial charge in [0.25, 0.3) is 0 Å². The summed E-state index contributed by atoms with van der Waals surface area (Å²) in [5, 5.41) is 9.52. The van der Waals surface area contributed by atoms with Crippen molar-refractivity contribution >= 4 is 17.8 Å². The highest BCUT2D eigenvalue weighted by molar-refractivity contribution is 5.90. The summed E-state index contributed by atoms with van der Waals surface area (Å²) >= 11 is 0. The molecule has 0 aromatic rings. The molecule has 3 aliphatic rings. The Hall–Kier alpha value is -1.59. The van der Waals surface area contributed by atoms with Gasteiger partial charge in [0.1, 0.15) is 0 Å². The van der Waals surface area contributed by atoms with E-state index in [4.69, 9.17) is 0 Å². The van der Waals surface area contributed by atoms with Crippen LogP contribution in [0.4, 0.5) is 0 Å². The second-order valence-corrected chi connectivity index (χ2v) is 6.44. The zero-order valence-corrected chi connectivity index (χ0v) is 11.7. The van der Waals surface area contributed by atoms with E-state index in [9.17, 15) is 19.5 Å². The molecule has 0 aromatic carbocycles. The molecule has 3 atom stereocenters. The Kier molecular flexibility index (Phi) is 2.99. The highest BCUT2D eigenvalue weighted by atomic mass is 16.4. The summed E-state index contributed by atoms with van der Waals surface area (Å²) < 4.78 is 0. The fraction of sp³-hybridized carbons (Fsp3) is 0.786. The molecule has 1 N–H and O–H groups in total. The molecule has 3 fully saturated rings. The van der Waals surface area contributed by atoms with Gasteiger partial charge >= 0.3 is 5.97 Å². The van der Waals surface area contributed by atoms with Crippen LogP contribution in [0.5, 0.6) is 0 Å². The number of carboxylic acid groups (broad SMARTS) is 1. The van der Waals surface area contributed by atoms with Crippen molar-refractivity contribution in [3.05, 3.63) is 0 Å². The molecule has 2 heterocycles. The molecule has 0 spiro atoms. The topological polar surface area (TPSA) is 77.9 Å². The Morgan fingerprint density at radius 3 is 2.65 bits per heavy atom. The first-order chi connectivity index (χ1) is 9.44. The summed E-state index contributed by atoms with van der Waals surface area (Å²) in [6, 6.07) is 0. The molecule has 20 heavy (non-hydrogen) atoms. The van der Waals surface area contributed by atoms with Gasteiger partial charge in [-0.2, -0.15) is 0 Å². The number of fused-ring (bicyclic) bond motifs is 1. The maximum absolute atomic E-state index is 12.5. The van der Waals surface area contributed by atoms with E-state index >= 15 is 0 Å². The lowest BCUT2D eigenvalue weighted by atomic mass is 9.81. The number of amides is 2. The minimum Gasteiger partial charge on any atom is -0.481 e. The lowest BCUT2D eigenvalue weighted by Crippen LogP contribution is -2.39. The summed E-state index contributed by atoms with van der Waals surface area (Å²) in [6.45, 7) is 1.32. The molecule has 0 aromatic heterocycles. The van der Waals surface area contributed by atoms with Crippen molar-refractivity contribution in [1.29, 1.82) is 0 Å². The van der Waals surface area contributed by atoms with Crippen molar-refractivity contribution in [1.82, 2.24) is 9.80 Å². The SMILES string of the molecule is CN1CC(C(=O)N2C[C@@H]3CCC[C@@]3(C(=O)O)C2)CC1=O. The number of carbonyl (C=O) groups excluding carboxylic acids is 2. The quantitative estimate of drug-likeness (QED) is 0.782. The van der Waals surface area contributed by atoms with Crippen LogP contribution in [0.15, 0.2) is 0 Å². The Balaban J connectivity index is 1.73. The molecule has 2 saturated heterocycles. The van der Waals surface area contributed by atoms with Gasteiger partial charge < -0.3 is 14.9 Å². The van der Waals surface area contributed by atoms with Crippen LogP contribution in [0.25, 0.3) is 0 Å². The molecule has 1 aliphatic carbocycles. The first kappa shape index (κ1) is 13.4. The zero-order chi connectivity index (χ0) is 14.5. The number of hydrogen-bond donors (Lipinski definition) is 1. The number of hydrogen-bond acceptors (Lipinski definition) is 3. The molecule has 2 aliphatic heterocycles. The highest BCUT2D eigenvalue weighted by Gasteiger charge is 2.56. The maximum Gasteiger partial charge on any atom is 0.311 e. The first-order valence-electron chi connectivity index (χ1n) is 7.20. The van der Waals surface area contributed by atoms with E-state index in [0.29, 0.717) is 26.1 Å². The fourth-order valence-electron chi connectivity index (χ4n) is 4.09. The third-order valence-electron chi connectivity index (χ3n) is 5.30. The van der Waals surface area contributed by atoms with Crippen molar-refractivity contribution < 1.29 is 19.5 Å². The van der Waals surface area contributed by atoms with Crippen molar-refractivity contribution in [2.45, 2.75) is 25.7 Å². The molecule has 6 nitrogen and oxygen atoms in total. The number of nitrogens with zero attached hydrogens (tertiary/aromatic N) is 2. The summed E-state index contributed by atoms with van der Waals surface area (Å²) in [5.41, 5.74) is -0.732. The van der Waals surface area contributed by atoms with E-state index in [2.05, 4.69) is 0 Å². The lowest BCUT2D eigenvalue weighted by Gasteiger charge is -2.24. The third-order valence-corrected chi connectivity index (χ3v) is 5.30. The fourth-order valence-corrected chi connectivity index (χ4v) is 4.09. The molecule has 3 rings (SSSR count). The van der Waals surface area contributed by atoms with Gasteiger partial charge in [-0.1, -0.05) is 6.42 Å². The molecule has 1 unspecified atom stereocenters. The molecule has 6 heteroatoms. The monoisotopic (exact) mass is 280 g/mol. The van der Waals surface area contributed by atoms with Gasteiger partial charge in [0.05, 0.1) is 11.3 Å². The van der Waals surface area contributed by atoms with Gasteiger partial charge in [0.15, 0.2) is 0 Å². The zero-order valence-electron chi connectivity index (χ0n) is 11.7. The number of likely N-dealkylation sites (tertiary alicyclic amines) is 2. The average molecular weight is 280 g/mol. The van der Waals surface area contributed by atoms with Gasteiger partial charge in [-0.15, -0.1) is 0 Å². The van der Waals surface area contributed by atoms with Crippen LogP contribution in [0.3, 0.4) is 0 Å². The summed E-state index contributed by atoms with van der Waals surface area (Å²) in [5.74, 6) is -1.03. The lowest BCUT2D eigenvalue weighted by molar-refractivity contribution is -0.149. The summed E-state index contributed by atoms with van der Waals surface area (Å²) in [4.78, 5) is 38.9. The Morgan fingerprint density at radius 2 is 2.10 bits per heavy atom. The Morgan fingerprint density at radius 1 is 1.35 bits per heavy atom. The van der Waals surface area contributed by atoms with E-state index in [1.165, 1.54) is 0 Å². The molecular formula is C14H20N2O4. The summed E-state index contributed by atoms with van der Waals surface area (Å²) in [6.07, 6.45) is 2.75. The van der Waals surface area contributed by atoms with Crippen LogP contribution in [0.1, 0.15) is 25.7 Å². The predicted molar refractivity (Wildman–Crippen MR) is 69.7 cm³/mol. The largest absolute Gasteiger partial charge is 0.481 e. The third kappa shape index (κ3) is 1.81. The van der Waals surface area contributed by atoms with Crippen molar-refractivity contribution in [2.75, 3.05) is 26.7 Å². The number of carboxylic acids is 1. The average Bonchev–Trinajstić information content (AvgIpc) is 3.01. The van der Waals surface area contributed by atoms with Gasteiger partial charge in [0, 0.05) is 33.1 Å². The van der Waals surface area contributed by atoms with E-state index in [1.807, 2.05) is 0 Å². The molecule has 1 saturated carbocycles. The van der Waals surface area contributed by atoms with Crippen LogP contribution in [-0.2, 0) is 14.4 Å². The first-order valence-corrected chi connectivity index (χ1v) is 7.20. The molecule has 0 radical (unpaired) electrons. The molecule has 110 valence electrons. The summed E-state index contributed by atoms with van der Waals surface area (Å²) in [7, 11) is 1.70.